The molecular formula is C13H15N3O4. The van der Waals surface area contributed by atoms with Crippen LogP contribution in [-0.4, -0.2) is 26.3 Å². The van der Waals surface area contributed by atoms with Gasteiger partial charge in [0.15, 0.2) is 0 Å². The second-order valence-electron chi connectivity index (χ2n) is 5.35. The number of aromatic amines is 1. The third-order valence-electron chi connectivity index (χ3n) is 2.76. The fourth-order valence-corrected chi connectivity index (χ4v) is 1.87. The van der Waals surface area contributed by atoms with Crippen LogP contribution in [0, 0.1) is 5.41 Å². The van der Waals surface area contributed by atoms with E-state index in [1.165, 1.54) is 12.3 Å². The summed E-state index contributed by atoms with van der Waals surface area (Å²) in [5, 5.41) is 16.6. The molecule has 0 aliphatic rings. The van der Waals surface area contributed by atoms with Crippen molar-refractivity contribution in [2.24, 2.45) is 5.41 Å². The van der Waals surface area contributed by atoms with Gasteiger partial charge in [-0.3, -0.25) is 9.59 Å². The molecule has 0 aliphatic carbocycles. The van der Waals surface area contributed by atoms with Gasteiger partial charge in [0.2, 0.25) is 17.3 Å². The van der Waals surface area contributed by atoms with Crippen LogP contribution in [0.1, 0.15) is 26.2 Å². The molecule has 7 nitrogen and oxygen atoms in total. The molecular weight excluding hydrogens is 262 g/mol. The van der Waals surface area contributed by atoms with Crippen molar-refractivity contribution in [1.82, 2.24) is 15.2 Å². The molecule has 2 heterocycles. The van der Waals surface area contributed by atoms with Crippen molar-refractivity contribution in [2.45, 2.75) is 26.7 Å². The second-order valence-corrected chi connectivity index (χ2v) is 5.35. The number of nitrogens with one attached hydrogen (secondary N) is 1. The zero-order chi connectivity index (χ0) is 14.8. The highest BCUT2D eigenvalue weighted by Gasteiger charge is 2.25. The van der Waals surface area contributed by atoms with Gasteiger partial charge in [0, 0.05) is 18.7 Å². The Hall–Kier alpha value is -2.44. The molecule has 2 aromatic heterocycles. The van der Waals surface area contributed by atoms with Crippen LogP contribution in [0.2, 0.25) is 0 Å². The molecule has 20 heavy (non-hydrogen) atoms. The zero-order valence-corrected chi connectivity index (χ0v) is 11.2. The molecule has 0 atom stereocenters. The molecule has 0 aliphatic heterocycles. The Morgan fingerprint density at radius 1 is 1.40 bits per heavy atom. The number of carboxylic acids is 1. The van der Waals surface area contributed by atoms with E-state index in [-0.39, 0.29) is 12.0 Å². The van der Waals surface area contributed by atoms with Crippen LogP contribution in [0.3, 0.4) is 0 Å². The van der Waals surface area contributed by atoms with Crippen molar-refractivity contribution in [2.75, 3.05) is 0 Å². The Bertz CT molecular complexity index is 652. The van der Waals surface area contributed by atoms with Crippen LogP contribution in [0.4, 0.5) is 0 Å². The number of carbonyl (C=O) groups is 1. The van der Waals surface area contributed by atoms with E-state index in [0.29, 0.717) is 23.8 Å². The van der Waals surface area contributed by atoms with Crippen LogP contribution in [0.15, 0.2) is 27.5 Å². The second kappa shape index (κ2) is 5.28. The first-order valence-corrected chi connectivity index (χ1v) is 6.09. The monoisotopic (exact) mass is 277 g/mol. The molecule has 0 amide bonds. The van der Waals surface area contributed by atoms with Crippen LogP contribution >= 0.6 is 0 Å². The minimum absolute atomic E-state index is 0.0172. The molecule has 0 fully saturated rings. The Balaban J connectivity index is 2.15. The zero-order valence-electron chi connectivity index (χ0n) is 11.2. The molecule has 0 spiro atoms. The minimum atomic E-state index is -0.865. The highest BCUT2D eigenvalue weighted by molar-refractivity contribution is 5.67. The first-order valence-electron chi connectivity index (χ1n) is 6.09. The van der Waals surface area contributed by atoms with Gasteiger partial charge in [-0.15, -0.1) is 10.2 Å². The Labute approximate surface area is 114 Å². The number of aromatic nitrogens is 3. The smallest absolute Gasteiger partial charge is 0.303 e. The van der Waals surface area contributed by atoms with E-state index >= 15 is 0 Å². The van der Waals surface area contributed by atoms with Gasteiger partial charge in [0.1, 0.15) is 0 Å². The maximum absolute atomic E-state index is 11.0. The topological polar surface area (TPSA) is 109 Å². The molecule has 2 rings (SSSR count). The maximum Gasteiger partial charge on any atom is 0.303 e. The van der Waals surface area contributed by atoms with Gasteiger partial charge in [-0.1, -0.05) is 13.8 Å². The lowest BCUT2D eigenvalue weighted by atomic mass is 9.86. The molecule has 2 N–H and O–H groups in total. The van der Waals surface area contributed by atoms with Gasteiger partial charge < -0.3 is 14.5 Å². The average molecular weight is 277 g/mol. The quantitative estimate of drug-likeness (QED) is 0.856. The number of hydrogen-bond donors (Lipinski definition) is 2. The average Bonchev–Trinajstić information content (AvgIpc) is 2.75. The molecule has 2 aromatic rings. The number of H-pyrrole nitrogens is 1. The number of nitrogens with zero attached hydrogens (tertiary/aromatic N) is 2. The summed E-state index contributed by atoms with van der Waals surface area (Å²) in [5.74, 6) is -0.199. The van der Waals surface area contributed by atoms with E-state index in [1.54, 1.807) is 6.07 Å². The lowest BCUT2D eigenvalue weighted by Gasteiger charge is -2.19. The molecule has 7 heteroatoms. The Morgan fingerprint density at radius 2 is 2.15 bits per heavy atom. The van der Waals surface area contributed by atoms with Gasteiger partial charge in [-0.25, -0.2) is 0 Å². The minimum Gasteiger partial charge on any atom is -0.481 e. The van der Waals surface area contributed by atoms with Gasteiger partial charge in [0.25, 0.3) is 0 Å². The summed E-state index contributed by atoms with van der Waals surface area (Å²) in [5.41, 5.74) is -0.0730. The van der Waals surface area contributed by atoms with Crippen molar-refractivity contribution >= 4 is 5.97 Å². The molecule has 106 valence electrons. The van der Waals surface area contributed by atoms with Gasteiger partial charge in [0.05, 0.1) is 12.0 Å². The molecule has 0 unspecified atom stereocenters. The summed E-state index contributed by atoms with van der Waals surface area (Å²) in [6, 6.07) is 2.95. The lowest BCUT2D eigenvalue weighted by Crippen LogP contribution is -2.19. The predicted octanol–water partition coefficient (Wildman–Crippen LogP) is 1.47. The normalized spacial score (nSPS) is 11.5. The standard InChI is InChI=1S/C13H15N3O4/c1-13(2,6-11(18)19)5-10-15-16-12(20-10)8-3-4-9(17)14-7-8/h3-4,7H,5-6H2,1-2H3,(H,14,17)(H,18,19). The third kappa shape index (κ3) is 3.53. The fraction of sp³-hybridized carbons (Fsp3) is 0.385. The SMILES string of the molecule is CC(C)(CC(=O)O)Cc1nnc(-c2ccc(=O)[nH]c2)o1. The van der Waals surface area contributed by atoms with Crippen molar-refractivity contribution in [3.8, 4) is 11.5 Å². The van der Waals surface area contributed by atoms with Crippen molar-refractivity contribution < 1.29 is 14.3 Å². The summed E-state index contributed by atoms with van der Waals surface area (Å²) < 4.78 is 5.49. The van der Waals surface area contributed by atoms with Crippen LogP contribution < -0.4 is 5.56 Å². The summed E-state index contributed by atoms with van der Waals surface area (Å²) in [6.07, 6.45) is 1.88. The lowest BCUT2D eigenvalue weighted by molar-refractivity contribution is -0.139. The predicted molar refractivity (Wildman–Crippen MR) is 70.1 cm³/mol. The first-order chi connectivity index (χ1) is 9.35. The van der Waals surface area contributed by atoms with E-state index < -0.39 is 11.4 Å². The van der Waals surface area contributed by atoms with Crippen LogP contribution in [-0.2, 0) is 11.2 Å². The maximum atomic E-state index is 11.0. The fourth-order valence-electron chi connectivity index (χ4n) is 1.87. The number of hydrogen-bond acceptors (Lipinski definition) is 5. The van der Waals surface area contributed by atoms with Gasteiger partial charge in [-0.05, 0) is 11.5 Å². The van der Waals surface area contributed by atoms with Crippen LogP contribution in [0.5, 0.6) is 0 Å². The highest BCUT2D eigenvalue weighted by atomic mass is 16.4. The third-order valence-corrected chi connectivity index (χ3v) is 2.76. The van der Waals surface area contributed by atoms with Gasteiger partial charge in [-0.2, -0.15) is 0 Å². The molecule has 0 aromatic carbocycles. The van der Waals surface area contributed by atoms with E-state index in [2.05, 4.69) is 15.2 Å². The van der Waals surface area contributed by atoms with E-state index in [1.807, 2.05) is 13.8 Å². The summed E-state index contributed by atoms with van der Waals surface area (Å²) in [7, 11) is 0. The van der Waals surface area contributed by atoms with E-state index in [0.717, 1.165) is 0 Å². The Kier molecular flexibility index (Phi) is 3.69. The largest absolute Gasteiger partial charge is 0.481 e. The summed E-state index contributed by atoms with van der Waals surface area (Å²) in [4.78, 5) is 24.3. The molecule has 0 saturated heterocycles. The van der Waals surface area contributed by atoms with Crippen molar-refractivity contribution in [3.05, 3.63) is 34.6 Å². The number of aliphatic carboxylic acids is 1. The van der Waals surface area contributed by atoms with Gasteiger partial charge >= 0.3 is 5.97 Å². The Morgan fingerprint density at radius 3 is 2.75 bits per heavy atom. The van der Waals surface area contributed by atoms with Crippen LogP contribution in [0.25, 0.3) is 11.5 Å². The molecule has 0 saturated carbocycles. The van der Waals surface area contributed by atoms with Crippen molar-refractivity contribution in [1.29, 1.82) is 0 Å². The van der Waals surface area contributed by atoms with E-state index in [9.17, 15) is 9.59 Å². The number of rotatable bonds is 5. The summed E-state index contributed by atoms with van der Waals surface area (Å²) >= 11 is 0. The molecule has 0 radical (unpaired) electrons. The highest BCUT2D eigenvalue weighted by Crippen LogP contribution is 2.26. The summed E-state index contributed by atoms with van der Waals surface area (Å²) in [6.45, 7) is 3.65. The number of carboxylic acid groups (broad SMARTS) is 1. The van der Waals surface area contributed by atoms with E-state index in [4.69, 9.17) is 9.52 Å². The number of pyridine rings is 1. The molecule has 0 bridgehead atoms. The first kappa shape index (κ1) is 14.0. The van der Waals surface area contributed by atoms with Crippen molar-refractivity contribution in [3.63, 3.8) is 0 Å².